The number of halogens is 3. The van der Waals surface area contributed by atoms with Crippen LogP contribution in [0.5, 0.6) is 5.75 Å². The van der Waals surface area contributed by atoms with Crippen LogP contribution in [0.1, 0.15) is 24.0 Å². The van der Waals surface area contributed by atoms with Crippen LogP contribution >= 0.6 is 0 Å². The van der Waals surface area contributed by atoms with Crippen molar-refractivity contribution in [3.63, 3.8) is 0 Å². The molecule has 1 fully saturated rings. The highest BCUT2D eigenvalue weighted by Crippen LogP contribution is 2.52. The van der Waals surface area contributed by atoms with E-state index >= 15 is 0 Å². The van der Waals surface area contributed by atoms with Gasteiger partial charge in [-0.15, -0.1) is 0 Å². The lowest BCUT2D eigenvalue weighted by Gasteiger charge is -2.26. The largest absolute Gasteiger partial charge is 0.486 e. The maximum atomic E-state index is 12.7. The van der Waals surface area contributed by atoms with Gasteiger partial charge in [-0.2, -0.15) is 13.2 Å². The predicted octanol–water partition coefficient (Wildman–Crippen LogP) is 2.87. The van der Waals surface area contributed by atoms with Crippen molar-refractivity contribution in [1.29, 1.82) is 0 Å². The van der Waals surface area contributed by atoms with Crippen LogP contribution in [-0.2, 0) is 11.8 Å². The molecule has 1 aliphatic heterocycles. The number of ether oxygens (including phenoxy) is 1. The summed E-state index contributed by atoms with van der Waals surface area (Å²) in [7, 11) is 0. The first-order valence-corrected chi connectivity index (χ1v) is 7.56. The Kier molecular flexibility index (Phi) is 3.17. The van der Waals surface area contributed by atoms with E-state index in [2.05, 4.69) is 4.98 Å². The van der Waals surface area contributed by atoms with E-state index in [-0.39, 0.29) is 0 Å². The Morgan fingerprint density at radius 1 is 1.12 bits per heavy atom. The normalized spacial score (nSPS) is 28.4. The molecule has 0 saturated heterocycles. The quantitative estimate of drug-likeness (QED) is 0.840. The molecule has 0 amide bonds. The van der Waals surface area contributed by atoms with Gasteiger partial charge < -0.3 is 14.9 Å². The third-order valence-corrected chi connectivity index (χ3v) is 4.77. The van der Waals surface area contributed by atoms with Gasteiger partial charge in [0, 0.05) is 11.8 Å². The van der Waals surface area contributed by atoms with Crippen LogP contribution in [0.2, 0.25) is 0 Å². The average Bonchev–Trinajstić information content (AvgIpc) is 3.00. The standard InChI is InChI=1S/C17H14F3NO3/c18-17(19,20)10-3-1-9(2-4-10)15-14-11(7-8-21-15)24-13-6-5-12(22)16(13,14)23/h1-4,7-8,12-13,22-23H,5-6H2. The van der Waals surface area contributed by atoms with E-state index < -0.39 is 29.5 Å². The fourth-order valence-electron chi connectivity index (χ4n) is 3.56. The molecule has 126 valence electrons. The molecule has 4 rings (SSSR count). The van der Waals surface area contributed by atoms with Crippen LogP contribution in [0.25, 0.3) is 11.3 Å². The van der Waals surface area contributed by atoms with Gasteiger partial charge in [-0.05, 0) is 31.0 Å². The number of benzene rings is 1. The maximum absolute atomic E-state index is 12.7. The van der Waals surface area contributed by atoms with Crippen LogP contribution in [0, 0.1) is 0 Å². The number of hydrogen-bond donors (Lipinski definition) is 2. The van der Waals surface area contributed by atoms with E-state index in [1.165, 1.54) is 18.3 Å². The molecule has 1 saturated carbocycles. The third kappa shape index (κ3) is 2.04. The minimum Gasteiger partial charge on any atom is -0.486 e. The Labute approximate surface area is 135 Å². The summed E-state index contributed by atoms with van der Waals surface area (Å²) >= 11 is 0. The molecule has 2 aliphatic rings. The number of pyridine rings is 1. The molecule has 2 aromatic rings. The van der Waals surface area contributed by atoms with Crippen molar-refractivity contribution in [3.8, 4) is 17.0 Å². The summed E-state index contributed by atoms with van der Waals surface area (Å²) in [5.41, 5.74) is -1.24. The number of aliphatic hydroxyl groups is 2. The molecule has 24 heavy (non-hydrogen) atoms. The Hall–Kier alpha value is -2.12. The predicted molar refractivity (Wildman–Crippen MR) is 78.2 cm³/mol. The second-order valence-corrected chi connectivity index (χ2v) is 6.13. The Bertz CT molecular complexity index is 791. The van der Waals surface area contributed by atoms with Crippen LogP contribution in [0.4, 0.5) is 13.2 Å². The second-order valence-electron chi connectivity index (χ2n) is 6.13. The molecule has 3 unspecified atom stereocenters. The summed E-state index contributed by atoms with van der Waals surface area (Å²) in [6, 6.07) is 6.15. The molecule has 2 N–H and O–H groups in total. The molecule has 1 aliphatic carbocycles. The second kappa shape index (κ2) is 4.94. The van der Waals surface area contributed by atoms with Crippen molar-refractivity contribution in [2.24, 2.45) is 0 Å². The van der Waals surface area contributed by atoms with Crippen molar-refractivity contribution in [1.82, 2.24) is 4.98 Å². The average molecular weight is 337 g/mol. The summed E-state index contributed by atoms with van der Waals surface area (Å²) in [5, 5.41) is 21.2. The zero-order valence-corrected chi connectivity index (χ0v) is 12.4. The SMILES string of the molecule is OC1CCC2Oc3ccnc(-c4ccc(C(F)(F)F)cc4)c3C12O. The lowest BCUT2D eigenvalue weighted by atomic mass is 9.87. The molecular weight excluding hydrogens is 323 g/mol. The van der Waals surface area contributed by atoms with Crippen molar-refractivity contribution in [2.75, 3.05) is 0 Å². The lowest BCUT2D eigenvalue weighted by molar-refractivity contribution is -0.137. The van der Waals surface area contributed by atoms with Gasteiger partial charge in [0.05, 0.1) is 22.9 Å². The minimum absolute atomic E-state index is 0.326. The molecule has 1 aromatic carbocycles. The van der Waals surface area contributed by atoms with Gasteiger partial charge in [0.1, 0.15) is 11.9 Å². The van der Waals surface area contributed by atoms with E-state index in [4.69, 9.17) is 4.74 Å². The summed E-state index contributed by atoms with van der Waals surface area (Å²) in [6.45, 7) is 0. The van der Waals surface area contributed by atoms with Crippen LogP contribution in [0.3, 0.4) is 0 Å². The van der Waals surface area contributed by atoms with E-state index in [1.807, 2.05) is 0 Å². The van der Waals surface area contributed by atoms with Crippen LogP contribution in [0.15, 0.2) is 36.5 Å². The number of hydrogen-bond acceptors (Lipinski definition) is 4. The number of aromatic nitrogens is 1. The molecule has 0 bridgehead atoms. The molecule has 3 atom stereocenters. The maximum Gasteiger partial charge on any atom is 0.416 e. The number of aliphatic hydroxyl groups excluding tert-OH is 1. The first-order chi connectivity index (χ1) is 11.3. The van der Waals surface area contributed by atoms with Crippen molar-refractivity contribution in [3.05, 3.63) is 47.7 Å². The highest BCUT2D eigenvalue weighted by Gasteiger charge is 2.58. The van der Waals surface area contributed by atoms with E-state index in [0.717, 1.165) is 12.1 Å². The smallest absolute Gasteiger partial charge is 0.416 e. The summed E-state index contributed by atoms with van der Waals surface area (Å²) < 4.78 is 43.9. The first kappa shape index (κ1) is 15.4. The highest BCUT2D eigenvalue weighted by atomic mass is 19.4. The Balaban J connectivity index is 1.83. The Morgan fingerprint density at radius 2 is 1.83 bits per heavy atom. The number of alkyl halides is 3. The zero-order valence-electron chi connectivity index (χ0n) is 12.4. The van der Waals surface area contributed by atoms with Gasteiger partial charge in [-0.1, -0.05) is 12.1 Å². The summed E-state index contributed by atoms with van der Waals surface area (Å²) in [5.74, 6) is 0.408. The van der Waals surface area contributed by atoms with Gasteiger partial charge in [-0.3, -0.25) is 4.98 Å². The van der Waals surface area contributed by atoms with Crippen molar-refractivity contribution < 1.29 is 28.1 Å². The van der Waals surface area contributed by atoms with Crippen molar-refractivity contribution >= 4 is 0 Å². The van der Waals surface area contributed by atoms with Gasteiger partial charge in [-0.25, -0.2) is 0 Å². The monoisotopic (exact) mass is 337 g/mol. The minimum atomic E-state index is -4.42. The number of nitrogens with zero attached hydrogens (tertiary/aromatic N) is 1. The fraction of sp³-hybridized carbons (Fsp3) is 0.353. The molecule has 7 heteroatoms. The van der Waals surface area contributed by atoms with Gasteiger partial charge >= 0.3 is 6.18 Å². The molecule has 2 heterocycles. The molecule has 1 aromatic heterocycles. The van der Waals surface area contributed by atoms with Crippen LogP contribution in [-0.4, -0.2) is 27.4 Å². The van der Waals surface area contributed by atoms with Gasteiger partial charge in [0.2, 0.25) is 0 Å². The fourth-order valence-corrected chi connectivity index (χ4v) is 3.56. The number of rotatable bonds is 1. The topological polar surface area (TPSA) is 62.6 Å². The van der Waals surface area contributed by atoms with E-state index in [1.54, 1.807) is 6.07 Å². The molecule has 4 nitrogen and oxygen atoms in total. The van der Waals surface area contributed by atoms with E-state index in [0.29, 0.717) is 35.4 Å². The lowest BCUT2D eigenvalue weighted by Crippen LogP contribution is -2.41. The third-order valence-electron chi connectivity index (χ3n) is 4.77. The zero-order chi connectivity index (χ0) is 17.1. The Morgan fingerprint density at radius 3 is 2.50 bits per heavy atom. The first-order valence-electron chi connectivity index (χ1n) is 7.56. The summed E-state index contributed by atoms with van der Waals surface area (Å²) in [6.07, 6.45) is -3.62. The highest BCUT2D eigenvalue weighted by molar-refractivity contribution is 5.69. The summed E-state index contributed by atoms with van der Waals surface area (Å²) in [4.78, 5) is 4.22. The van der Waals surface area contributed by atoms with Crippen LogP contribution < -0.4 is 4.74 Å². The van der Waals surface area contributed by atoms with Gasteiger partial charge in [0.25, 0.3) is 0 Å². The molecular formula is C17H14F3NO3. The van der Waals surface area contributed by atoms with E-state index in [9.17, 15) is 23.4 Å². The molecule has 0 radical (unpaired) electrons. The van der Waals surface area contributed by atoms with Crippen molar-refractivity contribution in [2.45, 2.75) is 36.8 Å². The molecule has 0 spiro atoms. The number of fused-ring (bicyclic) bond motifs is 3. The van der Waals surface area contributed by atoms with Gasteiger partial charge in [0.15, 0.2) is 5.60 Å².